The Hall–Kier alpha value is -1.06. The predicted octanol–water partition coefficient (Wildman–Crippen LogP) is 3.49. The van der Waals surface area contributed by atoms with Crippen molar-refractivity contribution < 1.29 is 19.4 Å². The number of carboxylic acids is 1. The molecule has 108 valence electrons. The Morgan fingerprint density at radius 2 is 1.61 bits per heavy atom. The highest BCUT2D eigenvalue weighted by atomic mass is 16.5. The predicted molar refractivity (Wildman–Crippen MR) is 72.4 cm³/mol. The summed E-state index contributed by atoms with van der Waals surface area (Å²) >= 11 is 0. The molecule has 2 unspecified atom stereocenters. The van der Waals surface area contributed by atoms with Gasteiger partial charge in [-0.3, -0.25) is 9.59 Å². The van der Waals surface area contributed by atoms with Crippen LogP contribution in [0.5, 0.6) is 0 Å². The fraction of sp³-hybridized carbons (Fsp3) is 0.857. The number of rotatable bonds is 7. The van der Waals surface area contributed by atoms with Gasteiger partial charge in [-0.05, 0) is 18.3 Å². The molecule has 0 aromatic carbocycles. The van der Waals surface area contributed by atoms with Crippen molar-refractivity contribution in [3.8, 4) is 0 Å². The Balaban J connectivity index is 0. The third-order valence-corrected chi connectivity index (χ3v) is 2.82. The van der Waals surface area contributed by atoms with Crippen molar-refractivity contribution in [2.75, 3.05) is 6.61 Å². The standard InChI is InChI=1S/2C7H14O2/c1-4-6(2)5-9-7(3)8;1-3-6(2)4-5-7(8)9/h6H,4-5H2,1-3H3;6H,3-5H2,1-2H3,(H,8,9). The summed E-state index contributed by atoms with van der Waals surface area (Å²) in [6.45, 7) is 10.3. The van der Waals surface area contributed by atoms with Gasteiger partial charge in [0.2, 0.25) is 0 Å². The average Bonchev–Trinajstić information content (AvgIpc) is 2.33. The maximum atomic E-state index is 10.2. The molecule has 0 aliphatic rings. The molecule has 4 nitrogen and oxygen atoms in total. The molecule has 0 spiro atoms. The number of hydrogen-bond donors (Lipinski definition) is 1. The lowest BCUT2D eigenvalue weighted by molar-refractivity contribution is -0.142. The first kappa shape index (κ1) is 19.3. The van der Waals surface area contributed by atoms with E-state index in [9.17, 15) is 9.59 Å². The number of carbonyl (C=O) groups excluding carboxylic acids is 1. The van der Waals surface area contributed by atoms with Crippen LogP contribution in [-0.2, 0) is 14.3 Å². The number of carboxylic acid groups (broad SMARTS) is 1. The molecule has 0 aliphatic carbocycles. The fourth-order valence-corrected chi connectivity index (χ4v) is 0.951. The van der Waals surface area contributed by atoms with E-state index in [1.165, 1.54) is 6.92 Å². The molecule has 0 aliphatic heterocycles. The molecule has 0 radical (unpaired) electrons. The first-order chi connectivity index (χ1) is 8.33. The molecule has 0 aromatic heterocycles. The summed E-state index contributed by atoms with van der Waals surface area (Å²) < 4.78 is 4.76. The summed E-state index contributed by atoms with van der Waals surface area (Å²) in [7, 11) is 0. The topological polar surface area (TPSA) is 63.6 Å². The van der Waals surface area contributed by atoms with Gasteiger partial charge in [0, 0.05) is 13.3 Å². The zero-order valence-corrected chi connectivity index (χ0v) is 12.4. The lowest BCUT2D eigenvalue weighted by atomic mass is 10.0. The Morgan fingerprint density at radius 1 is 1.11 bits per heavy atom. The van der Waals surface area contributed by atoms with Crippen LogP contribution in [0.1, 0.15) is 60.3 Å². The van der Waals surface area contributed by atoms with Crippen LogP contribution in [0, 0.1) is 11.8 Å². The van der Waals surface area contributed by atoms with Crippen LogP contribution in [0.3, 0.4) is 0 Å². The summed E-state index contributed by atoms with van der Waals surface area (Å²) in [4.78, 5) is 20.3. The molecular weight excluding hydrogens is 232 g/mol. The molecule has 0 rings (SSSR count). The summed E-state index contributed by atoms with van der Waals surface area (Å²) in [6, 6.07) is 0. The van der Waals surface area contributed by atoms with Crippen molar-refractivity contribution in [3.05, 3.63) is 0 Å². The van der Waals surface area contributed by atoms with Crippen LogP contribution in [0.25, 0.3) is 0 Å². The van der Waals surface area contributed by atoms with Crippen LogP contribution in [0.4, 0.5) is 0 Å². The highest BCUT2D eigenvalue weighted by Crippen LogP contribution is 2.08. The van der Waals surface area contributed by atoms with E-state index in [2.05, 4.69) is 27.7 Å². The van der Waals surface area contributed by atoms with Crippen LogP contribution in [0.15, 0.2) is 0 Å². The van der Waals surface area contributed by atoms with Gasteiger partial charge in [-0.1, -0.05) is 40.5 Å². The Bertz CT molecular complexity index is 202. The third-order valence-electron chi connectivity index (χ3n) is 2.82. The molecule has 18 heavy (non-hydrogen) atoms. The Kier molecular flexibility index (Phi) is 13.3. The minimum absolute atomic E-state index is 0.185. The second-order valence-corrected chi connectivity index (χ2v) is 4.76. The quantitative estimate of drug-likeness (QED) is 0.712. The number of carbonyl (C=O) groups is 2. The highest BCUT2D eigenvalue weighted by molar-refractivity contribution is 5.66. The fourth-order valence-electron chi connectivity index (χ4n) is 0.951. The summed E-state index contributed by atoms with van der Waals surface area (Å²) in [5.41, 5.74) is 0. The van der Waals surface area contributed by atoms with Gasteiger partial charge in [0.1, 0.15) is 0 Å². The summed E-state index contributed by atoms with van der Waals surface area (Å²) in [5, 5.41) is 8.26. The first-order valence-corrected chi connectivity index (χ1v) is 6.68. The summed E-state index contributed by atoms with van der Waals surface area (Å²) in [6.07, 6.45) is 3.27. The van der Waals surface area contributed by atoms with E-state index >= 15 is 0 Å². The van der Waals surface area contributed by atoms with E-state index in [1.807, 2.05) is 0 Å². The molecule has 0 heterocycles. The minimum atomic E-state index is -0.685. The van der Waals surface area contributed by atoms with E-state index < -0.39 is 5.97 Å². The maximum Gasteiger partial charge on any atom is 0.303 e. The van der Waals surface area contributed by atoms with Crippen molar-refractivity contribution in [1.29, 1.82) is 0 Å². The van der Waals surface area contributed by atoms with E-state index in [4.69, 9.17) is 9.84 Å². The number of esters is 1. The van der Waals surface area contributed by atoms with Gasteiger partial charge >= 0.3 is 11.9 Å². The molecule has 0 aromatic rings. The summed E-state index contributed by atoms with van der Waals surface area (Å²) in [5.74, 6) is 0.181. The SMILES string of the molecule is CCC(C)CCC(=O)O.CCC(C)COC(C)=O. The van der Waals surface area contributed by atoms with Crippen molar-refractivity contribution >= 4 is 11.9 Å². The van der Waals surface area contributed by atoms with E-state index in [0.29, 0.717) is 24.9 Å². The molecule has 0 bridgehead atoms. The molecule has 0 amide bonds. The van der Waals surface area contributed by atoms with E-state index in [0.717, 1.165) is 19.3 Å². The lowest BCUT2D eigenvalue weighted by Crippen LogP contribution is -2.07. The molecular formula is C14H28O4. The number of aliphatic carboxylic acids is 1. The van der Waals surface area contributed by atoms with E-state index in [-0.39, 0.29) is 5.97 Å². The second kappa shape index (κ2) is 12.4. The van der Waals surface area contributed by atoms with Crippen LogP contribution in [-0.4, -0.2) is 23.7 Å². The van der Waals surface area contributed by atoms with E-state index in [1.54, 1.807) is 0 Å². The molecule has 0 fully saturated rings. The Labute approximate surface area is 111 Å². The smallest absolute Gasteiger partial charge is 0.303 e. The van der Waals surface area contributed by atoms with Gasteiger partial charge in [-0.15, -0.1) is 0 Å². The zero-order chi connectivity index (χ0) is 14.6. The normalized spacial score (nSPS) is 12.9. The lowest BCUT2D eigenvalue weighted by Gasteiger charge is -2.06. The number of ether oxygens (including phenoxy) is 1. The first-order valence-electron chi connectivity index (χ1n) is 6.68. The van der Waals surface area contributed by atoms with Crippen molar-refractivity contribution in [3.63, 3.8) is 0 Å². The van der Waals surface area contributed by atoms with Crippen LogP contribution >= 0.6 is 0 Å². The van der Waals surface area contributed by atoms with Crippen molar-refractivity contribution in [2.24, 2.45) is 11.8 Å². The monoisotopic (exact) mass is 260 g/mol. The van der Waals surface area contributed by atoms with Crippen LogP contribution < -0.4 is 0 Å². The van der Waals surface area contributed by atoms with Gasteiger partial charge in [0.25, 0.3) is 0 Å². The maximum absolute atomic E-state index is 10.2. The van der Waals surface area contributed by atoms with Gasteiger partial charge < -0.3 is 9.84 Å². The molecule has 4 heteroatoms. The highest BCUT2D eigenvalue weighted by Gasteiger charge is 2.01. The Morgan fingerprint density at radius 3 is 1.94 bits per heavy atom. The van der Waals surface area contributed by atoms with Gasteiger partial charge in [0.05, 0.1) is 6.61 Å². The third kappa shape index (κ3) is 17.3. The molecule has 1 N–H and O–H groups in total. The van der Waals surface area contributed by atoms with Crippen LogP contribution in [0.2, 0.25) is 0 Å². The zero-order valence-electron chi connectivity index (χ0n) is 12.4. The number of hydrogen-bond acceptors (Lipinski definition) is 3. The molecule has 0 saturated carbocycles. The largest absolute Gasteiger partial charge is 0.481 e. The van der Waals surface area contributed by atoms with Gasteiger partial charge in [0.15, 0.2) is 0 Å². The molecule has 0 saturated heterocycles. The van der Waals surface area contributed by atoms with Crippen molar-refractivity contribution in [2.45, 2.75) is 60.3 Å². The van der Waals surface area contributed by atoms with Gasteiger partial charge in [-0.2, -0.15) is 0 Å². The van der Waals surface area contributed by atoms with Gasteiger partial charge in [-0.25, -0.2) is 0 Å². The second-order valence-electron chi connectivity index (χ2n) is 4.76. The van der Waals surface area contributed by atoms with Crippen molar-refractivity contribution in [1.82, 2.24) is 0 Å². The average molecular weight is 260 g/mol. The molecule has 2 atom stereocenters. The minimum Gasteiger partial charge on any atom is -0.481 e.